The van der Waals surface area contributed by atoms with Crippen LogP contribution < -0.4 is 4.74 Å². The summed E-state index contributed by atoms with van der Waals surface area (Å²) in [6.45, 7) is 3.73. The van der Waals surface area contributed by atoms with Gasteiger partial charge in [-0.1, -0.05) is 12.1 Å². The molecule has 2 aromatic rings. The summed E-state index contributed by atoms with van der Waals surface area (Å²) in [5.41, 5.74) is 2.70. The van der Waals surface area contributed by atoms with E-state index in [1.807, 2.05) is 36.1 Å². The second kappa shape index (κ2) is 10.0. The van der Waals surface area contributed by atoms with Gasteiger partial charge in [-0.05, 0) is 48.7 Å². The quantitative estimate of drug-likeness (QED) is 0.561. The maximum absolute atomic E-state index is 13.3. The number of rotatable bonds is 10. The molecule has 2 heterocycles. The van der Waals surface area contributed by atoms with Crippen LogP contribution in [0.15, 0.2) is 54.5 Å². The maximum Gasteiger partial charge on any atom is 0.277 e. The highest BCUT2D eigenvalue weighted by atomic mass is 16.5. The molecule has 7 heteroatoms. The highest BCUT2D eigenvalue weighted by Crippen LogP contribution is 2.32. The third kappa shape index (κ3) is 4.52. The summed E-state index contributed by atoms with van der Waals surface area (Å²) in [7, 11) is 3.14. The number of amides is 2. The van der Waals surface area contributed by atoms with Crippen molar-refractivity contribution in [3.63, 3.8) is 0 Å². The summed E-state index contributed by atoms with van der Waals surface area (Å²) in [4.78, 5) is 33.8. The van der Waals surface area contributed by atoms with Crippen molar-refractivity contribution in [2.45, 2.75) is 13.3 Å². The minimum absolute atomic E-state index is 0.221. The molecule has 2 amide bonds. The van der Waals surface area contributed by atoms with Gasteiger partial charge in [-0.25, -0.2) is 0 Å². The van der Waals surface area contributed by atoms with Crippen LogP contribution >= 0.6 is 0 Å². The average Bonchev–Trinajstić information content (AvgIpc) is 3.03. The predicted molar refractivity (Wildman–Crippen MR) is 114 cm³/mol. The highest BCUT2D eigenvalue weighted by Gasteiger charge is 2.40. The third-order valence-electron chi connectivity index (χ3n) is 5.16. The Balaban J connectivity index is 1.96. The zero-order chi connectivity index (χ0) is 21.5. The minimum atomic E-state index is -0.292. The Bertz CT molecular complexity index is 910. The molecule has 30 heavy (non-hydrogen) atoms. The van der Waals surface area contributed by atoms with Gasteiger partial charge in [0.25, 0.3) is 11.8 Å². The molecule has 0 spiro atoms. The fourth-order valence-corrected chi connectivity index (χ4v) is 3.50. The Kier molecular flexibility index (Phi) is 7.19. The van der Waals surface area contributed by atoms with Gasteiger partial charge in [0.15, 0.2) is 0 Å². The normalized spacial score (nSPS) is 13.9. The first-order valence-electron chi connectivity index (χ1n) is 9.98. The summed E-state index contributed by atoms with van der Waals surface area (Å²) in [5.74, 6) is 0.123. The molecule has 1 aliphatic rings. The molecule has 0 radical (unpaired) electrons. The highest BCUT2D eigenvalue weighted by molar-refractivity contribution is 6.35. The Hall–Kier alpha value is -3.19. The lowest BCUT2D eigenvalue weighted by molar-refractivity contribution is -0.138. The summed E-state index contributed by atoms with van der Waals surface area (Å²) in [5, 5.41) is 0. The van der Waals surface area contributed by atoms with E-state index in [1.54, 1.807) is 38.7 Å². The van der Waals surface area contributed by atoms with Gasteiger partial charge in [-0.3, -0.25) is 19.5 Å². The monoisotopic (exact) mass is 409 g/mol. The third-order valence-corrected chi connectivity index (χ3v) is 5.16. The Labute approximate surface area is 176 Å². The van der Waals surface area contributed by atoms with E-state index in [9.17, 15) is 9.59 Å². The first kappa shape index (κ1) is 21.5. The number of aromatic nitrogens is 1. The molecule has 1 aromatic heterocycles. The molecule has 1 aromatic carbocycles. The lowest BCUT2D eigenvalue weighted by Crippen LogP contribution is -2.37. The average molecular weight is 409 g/mol. The number of hydrogen-bond donors (Lipinski definition) is 0. The Morgan fingerprint density at radius 1 is 1.00 bits per heavy atom. The van der Waals surface area contributed by atoms with Gasteiger partial charge >= 0.3 is 0 Å². The van der Waals surface area contributed by atoms with E-state index in [0.29, 0.717) is 42.3 Å². The second-order valence-corrected chi connectivity index (χ2v) is 6.89. The van der Waals surface area contributed by atoms with Gasteiger partial charge in [-0.15, -0.1) is 0 Å². The van der Waals surface area contributed by atoms with Crippen LogP contribution in [0.4, 0.5) is 0 Å². The molecule has 0 N–H and O–H groups in total. The molecular formula is C23H27N3O4. The van der Waals surface area contributed by atoms with Crippen LogP contribution in [-0.2, 0) is 20.7 Å². The smallest absolute Gasteiger partial charge is 0.277 e. The molecule has 0 atom stereocenters. The molecule has 0 saturated heterocycles. The number of hydrogen-bond acceptors (Lipinski definition) is 6. The largest absolute Gasteiger partial charge is 0.497 e. The van der Waals surface area contributed by atoms with E-state index < -0.39 is 0 Å². The van der Waals surface area contributed by atoms with E-state index >= 15 is 0 Å². The van der Waals surface area contributed by atoms with E-state index in [4.69, 9.17) is 9.47 Å². The number of pyridine rings is 1. The minimum Gasteiger partial charge on any atom is -0.497 e. The molecule has 7 nitrogen and oxygen atoms in total. The van der Waals surface area contributed by atoms with Crippen LogP contribution in [-0.4, -0.2) is 67.1 Å². The first-order chi connectivity index (χ1) is 14.6. The molecule has 158 valence electrons. The lowest BCUT2D eigenvalue weighted by atomic mass is 10.0. The van der Waals surface area contributed by atoms with Crippen LogP contribution in [0.1, 0.15) is 18.1 Å². The van der Waals surface area contributed by atoms with Crippen LogP contribution in [0.2, 0.25) is 0 Å². The molecule has 0 unspecified atom stereocenters. The Morgan fingerprint density at radius 3 is 2.30 bits per heavy atom. The van der Waals surface area contributed by atoms with Crippen molar-refractivity contribution in [3.8, 4) is 5.75 Å². The topological polar surface area (TPSA) is 72.0 Å². The lowest BCUT2D eigenvalue weighted by Gasteiger charge is -2.24. The zero-order valence-corrected chi connectivity index (χ0v) is 17.6. The van der Waals surface area contributed by atoms with E-state index in [-0.39, 0.29) is 18.4 Å². The van der Waals surface area contributed by atoms with Gasteiger partial charge in [0.2, 0.25) is 0 Å². The van der Waals surface area contributed by atoms with E-state index in [1.165, 1.54) is 4.90 Å². The number of benzene rings is 1. The van der Waals surface area contributed by atoms with E-state index in [2.05, 4.69) is 4.98 Å². The number of methoxy groups -OCH3 is 2. The summed E-state index contributed by atoms with van der Waals surface area (Å²) in [6.07, 6.45) is 4.25. The molecule has 0 saturated carbocycles. The zero-order valence-electron chi connectivity index (χ0n) is 17.6. The van der Waals surface area contributed by atoms with E-state index in [0.717, 1.165) is 12.0 Å². The maximum atomic E-state index is 13.3. The summed E-state index contributed by atoms with van der Waals surface area (Å²) >= 11 is 0. The molecule has 1 aliphatic heterocycles. The van der Waals surface area contributed by atoms with Gasteiger partial charge in [0.05, 0.1) is 25.8 Å². The fourth-order valence-electron chi connectivity index (χ4n) is 3.50. The van der Waals surface area contributed by atoms with Crippen molar-refractivity contribution in [3.05, 3.63) is 65.6 Å². The Morgan fingerprint density at radius 2 is 1.70 bits per heavy atom. The standard InChI is InChI=1S/C23H27N3O4/c1-4-25(14-11-17-9-12-24-13-10-17)21-20(18-5-7-19(30-3)8-6-18)22(27)26(23(21)28)15-16-29-2/h5-10,12-13H,4,11,14-16H2,1-3H3. The number of nitrogens with zero attached hydrogens (tertiary/aromatic N) is 3. The van der Waals surface area contributed by atoms with Crippen LogP contribution in [0.5, 0.6) is 5.75 Å². The number of carbonyl (C=O) groups excluding carboxylic acids is 2. The summed E-state index contributed by atoms with van der Waals surface area (Å²) < 4.78 is 10.3. The number of likely N-dealkylation sites (N-methyl/N-ethyl adjacent to an activating group) is 1. The van der Waals surface area contributed by atoms with Gasteiger partial charge in [0.1, 0.15) is 11.4 Å². The van der Waals surface area contributed by atoms with Crippen molar-refractivity contribution < 1.29 is 19.1 Å². The van der Waals surface area contributed by atoms with Gasteiger partial charge in [-0.2, -0.15) is 0 Å². The number of imide groups is 1. The molecular weight excluding hydrogens is 382 g/mol. The van der Waals surface area contributed by atoms with Crippen molar-refractivity contribution in [1.29, 1.82) is 0 Å². The fraction of sp³-hybridized carbons (Fsp3) is 0.348. The van der Waals surface area contributed by atoms with Crippen molar-refractivity contribution in [2.75, 3.05) is 40.5 Å². The molecule has 0 aliphatic carbocycles. The summed E-state index contributed by atoms with van der Waals surface area (Å²) in [6, 6.07) is 11.1. The number of carbonyl (C=O) groups is 2. The van der Waals surface area contributed by atoms with Gasteiger partial charge in [0, 0.05) is 32.6 Å². The predicted octanol–water partition coefficient (Wildman–Crippen LogP) is 2.38. The van der Waals surface area contributed by atoms with Gasteiger partial charge < -0.3 is 14.4 Å². The van der Waals surface area contributed by atoms with Crippen molar-refractivity contribution in [2.24, 2.45) is 0 Å². The van der Waals surface area contributed by atoms with Crippen LogP contribution in [0, 0.1) is 0 Å². The molecule has 0 bridgehead atoms. The first-order valence-corrected chi connectivity index (χ1v) is 9.98. The van der Waals surface area contributed by atoms with Crippen molar-refractivity contribution >= 4 is 17.4 Å². The van der Waals surface area contributed by atoms with Crippen LogP contribution in [0.3, 0.4) is 0 Å². The van der Waals surface area contributed by atoms with Crippen molar-refractivity contribution in [1.82, 2.24) is 14.8 Å². The van der Waals surface area contributed by atoms with Crippen LogP contribution in [0.25, 0.3) is 5.57 Å². The molecule has 0 fully saturated rings. The molecule has 3 rings (SSSR count). The SMILES string of the molecule is CCN(CCc1ccncc1)C1=C(c2ccc(OC)cc2)C(=O)N(CCOC)C1=O. The second-order valence-electron chi connectivity index (χ2n) is 6.89. The number of ether oxygens (including phenoxy) is 2.